The summed E-state index contributed by atoms with van der Waals surface area (Å²) in [7, 11) is 0. The number of carbonyl (C=O) groups excluding carboxylic acids is 1. The molecular weight excluding hydrogens is 261 g/mol. The molecule has 0 radical (unpaired) electrons. The second-order valence-corrected chi connectivity index (χ2v) is 4.82. The number of nitrogens with zero attached hydrogens (tertiary/aromatic N) is 2. The van der Waals surface area contributed by atoms with E-state index in [4.69, 9.17) is 5.26 Å². The molecule has 1 aromatic rings. The van der Waals surface area contributed by atoms with Gasteiger partial charge in [0, 0.05) is 25.2 Å². The van der Waals surface area contributed by atoms with Crippen LogP contribution in [0.5, 0.6) is 0 Å². The van der Waals surface area contributed by atoms with Crippen molar-refractivity contribution < 1.29 is 14.3 Å². The molecule has 0 aliphatic carbocycles. The van der Waals surface area contributed by atoms with Crippen molar-refractivity contribution in [2.45, 2.75) is 25.5 Å². The fourth-order valence-corrected chi connectivity index (χ4v) is 2.18. The molecule has 106 valence electrons. The number of nitriles is 1. The van der Waals surface area contributed by atoms with Gasteiger partial charge in [-0.25, -0.2) is 9.18 Å². The molecule has 1 fully saturated rings. The molecule has 1 atom stereocenters. The monoisotopic (exact) mass is 277 g/mol. The summed E-state index contributed by atoms with van der Waals surface area (Å²) in [5.41, 5.74) is 0.576. The van der Waals surface area contributed by atoms with Crippen molar-refractivity contribution in [2.24, 2.45) is 0 Å². The second kappa shape index (κ2) is 6.35. The maximum atomic E-state index is 13.6. The van der Waals surface area contributed by atoms with Crippen LogP contribution in [0.1, 0.15) is 24.0 Å². The third kappa shape index (κ3) is 3.45. The van der Waals surface area contributed by atoms with Crippen LogP contribution in [0.2, 0.25) is 0 Å². The third-order valence-electron chi connectivity index (χ3n) is 3.30. The SMILES string of the molecule is N#Cc1ccc(CNC(=O)N2CCCC(O)C2)c(F)c1. The Balaban J connectivity index is 1.92. The van der Waals surface area contributed by atoms with E-state index in [0.717, 1.165) is 12.5 Å². The van der Waals surface area contributed by atoms with Gasteiger partial charge in [0.1, 0.15) is 5.82 Å². The number of aliphatic hydroxyl groups excluding tert-OH is 1. The van der Waals surface area contributed by atoms with Crippen molar-refractivity contribution >= 4 is 6.03 Å². The zero-order valence-electron chi connectivity index (χ0n) is 11.0. The minimum Gasteiger partial charge on any atom is -0.391 e. The van der Waals surface area contributed by atoms with Crippen LogP contribution in [-0.4, -0.2) is 35.2 Å². The van der Waals surface area contributed by atoms with Gasteiger partial charge in [0.15, 0.2) is 0 Å². The van der Waals surface area contributed by atoms with Crippen LogP contribution in [0.3, 0.4) is 0 Å². The Bertz CT molecular complexity index is 542. The molecule has 0 saturated carbocycles. The van der Waals surface area contributed by atoms with Crippen molar-refractivity contribution in [1.29, 1.82) is 5.26 Å². The Labute approximate surface area is 116 Å². The van der Waals surface area contributed by atoms with Gasteiger partial charge in [0.25, 0.3) is 0 Å². The highest BCUT2D eigenvalue weighted by Gasteiger charge is 2.21. The smallest absolute Gasteiger partial charge is 0.317 e. The van der Waals surface area contributed by atoms with Crippen molar-refractivity contribution in [3.8, 4) is 6.07 Å². The zero-order valence-corrected chi connectivity index (χ0v) is 11.0. The Hall–Kier alpha value is -2.13. The number of amides is 2. The predicted molar refractivity (Wildman–Crippen MR) is 70.2 cm³/mol. The molecule has 1 heterocycles. The van der Waals surface area contributed by atoms with E-state index >= 15 is 0 Å². The topological polar surface area (TPSA) is 76.4 Å². The molecule has 1 aliphatic heterocycles. The number of hydrogen-bond donors (Lipinski definition) is 2. The van der Waals surface area contributed by atoms with E-state index in [0.29, 0.717) is 25.1 Å². The largest absolute Gasteiger partial charge is 0.391 e. The number of piperidine rings is 1. The lowest BCUT2D eigenvalue weighted by Gasteiger charge is -2.30. The van der Waals surface area contributed by atoms with Crippen LogP contribution in [0.15, 0.2) is 18.2 Å². The average Bonchev–Trinajstić information content (AvgIpc) is 2.45. The molecule has 5 nitrogen and oxygen atoms in total. The number of halogens is 1. The van der Waals surface area contributed by atoms with E-state index in [1.54, 1.807) is 0 Å². The van der Waals surface area contributed by atoms with E-state index in [1.807, 2.05) is 6.07 Å². The zero-order chi connectivity index (χ0) is 14.5. The summed E-state index contributed by atoms with van der Waals surface area (Å²) < 4.78 is 13.6. The van der Waals surface area contributed by atoms with Gasteiger partial charge in [0.2, 0.25) is 0 Å². The molecule has 0 spiro atoms. The van der Waals surface area contributed by atoms with Gasteiger partial charge < -0.3 is 15.3 Å². The minimum absolute atomic E-state index is 0.0585. The minimum atomic E-state index is -0.511. The molecular formula is C14H16FN3O2. The van der Waals surface area contributed by atoms with E-state index in [1.165, 1.54) is 17.0 Å². The first-order valence-electron chi connectivity index (χ1n) is 6.49. The molecule has 2 rings (SSSR count). The van der Waals surface area contributed by atoms with E-state index in [9.17, 15) is 14.3 Å². The van der Waals surface area contributed by atoms with Crippen LogP contribution in [-0.2, 0) is 6.54 Å². The number of hydrogen-bond acceptors (Lipinski definition) is 3. The maximum Gasteiger partial charge on any atom is 0.317 e. The van der Waals surface area contributed by atoms with Crippen LogP contribution in [0, 0.1) is 17.1 Å². The first kappa shape index (κ1) is 14.3. The molecule has 2 N–H and O–H groups in total. The molecule has 6 heteroatoms. The van der Waals surface area contributed by atoms with Crippen LogP contribution in [0.4, 0.5) is 9.18 Å². The Morgan fingerprint density at radius 2 is 2.40 bits per heavy atom. The van der Waals surface area contributed by atoms with E-state index in [2.05, 4.69) is 5.32 Å². The fourth-order valence-electron chi connectivity index (χ4n) is 2.18. The third-order valence-corrected chi connectivity index (χ3v) is 3.30. The summed E-state index contributed by atoms with van der Waals surface area (Å²) in [5.74, 6) is -0.511. The predicted octanol–water partition coefficient (Wildman–Crippen LogP) is 1.36. The average molecular weight is 277 g/mol. The summed E-state index contributed by atoms with van der Waals surface area (Å²) in [6.45, 7) is 0.962. The summed E-state index contributed by atoms with van der Waals surface area (Å²) in [4.78, 5) is 13.4. The highest BCUT2D eigenvalue weighted by molar-refractivity contribution is 5.74. The Morgan fingerprint density at radius 3 is 3.05 bits per heavy atom. The lowest BCUT2D eigenvalue weighted by molar-refractivity contribution is 0.0841. The molecule has 1 aliphatic rings. The first-order chi connectivity index (χ1) is 9.60. The number of likely N-dealkylation sites (tertiary alicyclic amines) is 1. The second-order valence-electron chi connectivity index (χ2n) is 4.82. The fraction of sp³-hybridized carbons (Fsp3) is 0.429. The number of benzene rings is 1. The van der Waals surface area contributed by atoms with Gasteiger partial charge in [0.05, 0.1) is 17.7 Å². The number of β-amino-alcohol motifs (C(OH)–C–C–N with tert-alkyl or cyclic N) is 1. The van der Waals surface area contributed by atoms with Crippen molar-refractivity contribution in [2.75, 3.05) is 13.1 Å². The van der Waals surface area contributed by atoms with Crippen molar-refractivity contribution in [3.63, 3.8) is 0 Å². The first-order valence-corrected chi connectivity index (χ1v) is 6.49. The Morgan fingerprint density at radius 1 is 1.60 bits per heavy atom. The number of carbonyl (C=O) groups is 1. The van der Waals surface area contributed by atoms with Gasteiger partial charge in [-0.1, -0.05) is 6.07 Å². The molecule has 1 aromatic carbocycles. The summed E-state index contributed by atoms with van der Waals surface area (Å²) >= 11 is 0. The summed E-state index contributed by atoms with van der Waals surface area (Å²) in [6, 6.07) is 5.68. The number of urea groups is 1. The molecule has 1 saturated heterocycles. The van der Waals surface area contributed by atoms with E-state index < -0.39 is 11.9 Å². The van der Waals surface area contributed by atoms with Crippen LogP contribution >= 0.6 is 0 Å². The normalized spacial score (nSPS) is 18.4. The number of rotatable bonds is 2. The molecule has 20 heavy (non-hydrogen) atoms. The van der Waals surface area contributed by atoms with E-state index in [-0.39, 0.29) is 18.1 Å². The van der Waals surface area contributed by atoms with Crippen molar-refractivity contribution in [1.82, 2.24) is 10.2 Å². The van der Waals surface area contributed by atoms with Gasteiger partial charge in [-0.15, -0.1) is 0 Å². The number of nitrogens with one attached hydrogen (secondary N) is 1. The van der Waals surface area contributed by atoms with Gasteiger partial charge in [-0.05, 0) is 25.0 Å². The van der Waals surface area contributed by atoms with Gasteiger partial charge in [-0.2, -0.15) is 5.26 Å². The van der Waals surface area contributed by atoms with Gasteiger partial charge in [-0.3, -0.25) is 0 Å². The lowest BCUT2D eigenvalue weighted by atomic mass is 10.1. The highest BCUT2D eigenvalue weighted by Crippen LogP contribution is 2.12. The lowest BCUT2D eigenvalue weighted by Crippen LogP contribution is -2.46. The number of aliphatic hydroxyl groups is 1. The Kier molecular flexibility index (Phi) is 4.53. The molecule has 2 amide bonds. The van der Waals surface area contributed by atoms with Gasteiger partial charge >= 0.3 is 6.03 Å². The summed E-state index contributed by atoms with van der Waals surface area (Å²) in [6.07, 6.45) is 0.981. The maximum absolute atomic E-state index is 13.6. The molecule has 0 bridgehead atoms. The standard InChI is InChI=1S/C14H16FN3O2/c15-13-6-10(7-16)3-4-11(13)8-17-14(20)18-5-1-2-12(19)9-18/h3-4,6,12,19H,1-2,5,8-9H2,(H,17,20). The molecule has 0 aromatic heterocycles. The molecule has 1 unspecified atom stereocenters. The van der Waals surface area contributed by atoms with Crippen LogP contribution in [0.25, 0.3) is 0 Å². The summed E-state index contributed by atoms with van der Waals surface area (Å²) in [5, 5.41) is 20.8. The van der Waals surface area contributed by atoms with Crippen LogP contribution < -0.4 is 5.32 Å². The quantitative estimate of drug-likeness (QED) is 0.857. The van der Waals surface area contributed by atoms with Crippen molar-refractivity contribution in [3.05, 3.63) is 35.1 Å². The highest BCUT2D eigenvalue weighted by atomic mass is 19.1.